The molecule has 1 N–H and O–H groups in total. The van der Waals surface area contributed by atoms with E-state index in [1.54, 1.807) is 24.3 Å². The number of carbonyl (C=O) groups is 2. The number of hydrogen-bond acceptors (Lipinski definition) is 6. The molecule has 0 aromatic heterocycles. The van der Waals surface area contributed by atoms with Gasteiger partial charge in [-0.05, 0) is 60.9 Å². The molecule has 0 saturated carbocycles. The van der Waals surface area contributed by atoms with Gasteiger partial charge in [0.2, 0.25) is 0 Å². The second-order valence-corrected chi connectivity index (χ2v) is 9.20. The van der Waals surface area contributed by atoms with Gasteiger partial charge in [-0.1, -0.05) is 48.9 Å². The third-order valence-corrected chi connectivity index (χ3v) is 6.36. The molecule has 3 aromatic rings. The van der Waals surface area contributed by atoms with Crippen LogP contribution in [0, 0.1) is 6.92 Å². The Morgan fingerprint density at radius 1 is 0.921 bits per heavy atom. The molecule has 1 aliphatic rings. The lowest BCUT2D eigenvalue weighted by molar-refractivity contribution is -0.140. The van der Waals surface area contributed by atoms with Crippen LogP contribution in [0.15, 0.2) is 78.4 Å². The lowest BCUT2D eigenvalue weighted by Crippen LogP contribution is -2.32. The number of methoxy groups -OCH3 is 1. The quantitative estimate of drug-likeness (QED) is 0.208. The van der Waals surface area contributed by atoms with Crippen molar-refractivity contribution in [3.05, 3.63) is 101 Å². The Hall–Kier alpha value is -4.10. The molecule has 4 rings (SSSR count). The van der Waals surface area contributed by atoms with E-state index in [2.05, 4.69) is 6.07 Å². The van der Waals surface area contributed by atoms with Gasteiger partial charge in [-0.2, -0.15) is 0 Å². The number of nitrogens with zero attached hydrogens (tertiary/aromatic N) is 1. The van der Waals surface area contributed by atoms with Crippen molar-refractivity contribution in [1.82, 2.24) is 4.90 Å². The first-order chi connectivity index (χ1) is 18.4. The molecule has 1 saturated heterocycles. The summed E-state index contributed by atoms with van der Waals surface area (Å²) in [6, 6.07) is 21.4. The fourth-order valence-electron chi connectivity index (χ4n) is 4.45. The van der Waals surface area contributed by atoms with Crippen LogP contribution in [0.3, 0.4) is 0 Å². The summed E-state index contributed by atoms with van der Waals surface area (Å²) in [5.74, 6) is -0.300. The Morgan fingerprint density at radius 2 is 1.61 bits per heavy atom. The van der Waals surface area contributed by atoms with E-state index in [4.69, 9.17) is 14.2 Å². The summed E-state index contributed by atoms with van der Waals surface area (Å²) in [6.45, 7) is 5.53. The highest BCUT2D eigenvalue weighted by molar-refractivity contribution is 6.46. The molecule has 7 nitrogen and oxygen atoms in total. The van der Waals surface area contributed by atoms with Gasteiger partial charge in [-0.3, -0.25) is 9.59 Å². The van der Waals surface area contributed by atoms with Gasteiger partial charge in [0.05, 0.1) is 24.8 Å². The Balaban J connectivity index is 1.62. The predicted octanol–water partition coefficient (Wildman–Crippen LogP) is 5.43. The number of amides is 1. The van der Waals surface area contributed by atoms with Gasteiger partial charge in [0.25, 0.3) is 11.7 Å². The van der Waals surface area contributed by atoms with Crippen LogP contribution in [-0.2, 0) is 20.9 Å². The standard InChI is InChI=1S/C31H33NO6/c1-4-17-37-25-12-8-23(9-13-25)28-27(30(34)31(35)32(28)16-18-36-3)29(33)24-10-14-26(15-11-24)38-20-22-7-5-6-21(2)19-22/h5-15,19,28,33H,4,16-18,20H2,1-3H3. The van der Waals surface area contributed by atoms with Crippen LogP contribution < -0.4 is 9.47 Å². The summed E-state index contributed by atoms with van der Waals surface area (Å²) in [7, 11) is 1.54. The Labute approximate surface area is 223 Å². The van der Waals surface area contributed by atoms with Crippen LogP contribution in [0.1, 0.15) is 41.6 Å². The van der Waals surface area contributed by atoms with Crippen LogP contribution >= 0.6 is 0 Å². The number of rotatable bonds is 11. The first kappa shape index (κ1) is 26.9. The van der Waals surface area contributed by atoms with Crippen molar-refractivity contribution < 1.29 is 28.9 Å². The average Bonchev–Trinajstić information content (AvgIpc) is 3.19. The van der Waals surface area contributed by atoms with Crippen molar-refractivity contribution in [1.29, 1.82) is 0 Å². The molecule has 1 aliphatic heterocycles. The number of ether oxygens (including phenoxy) is 3. The first-order valence-electron chi connectivity index (χ1n) is 12.7. The first-order valence-corrected chi connectivity index (χ1v) is 12.7. The van der Waals surface area contributed by atoms with E-state index < -0.39 is 17.7 Å². The van der Waals surface area contributed by atoms with Gasteiger partial charge in [0.1, 0.15) is 23.9 Å². The zero-order chi connectivity index (χ0) is 27.1. The van der Waals surface area contributed by atoms with Crippen LogP contribution in [0.25, 0.3) is 5.76 Å². The third-order valence-electron chi connectivity index (χ3n) is 6.36. The zero-order valence-corrected chi connectivity index (χ0v) is 22.0. The SMILES string of the molecule is CCCOc1ccc(C2C(=C(O)c3ccc(OCc4cccc(C)c4)cc3)C(=O)C(=O)N2CCOC)cc1. The van der Waals surface area contributed by atoms with Crippen LogP contribution in [0.5, 0.6) is 11.5 Å². The van der Waals surface area contributed by atoms with Crippen molar-refractivity contribution in [3.63, 3.8) is 0 Å². The van der Waals surface area contributed by atoms with Crippen molar-refractivity contribution in [2.75, 3.05) is 26.9 Å². The Morgan fingerprint density at radius 3 is 2.26 bits per heavy atom. The molecular formula is C31H33NO6. The number of benzene rings is 3. The smallest absolute Gasteiger partial charge is 0.295 e. The summed E-state index contributed by atoms with van der Waals surface area (Å²) < 4.78 is 16.7. The molecule has 1 unspecified atom stereocenters. The van der Waals surface area contributed by atoms with E-state index in [9.17, 15) is 14.7 Å². The van der Waals surface area contributed by atoms with E-state index in [1.165, 1.54) is 12.0 Å². The van der Waals surface area contributed by atoms with Crippen molar-refractivity contribution in [2.45, 2.75) is 32.9 Å². The lowest BCUT2D eigenvalue weighted by Gasteiger charge is -2.25. The second kappa shape index (κ2) is 12.4. The summed E-state index contributed by atoms with van der Waals surface area (Å²) in [4.78, 5) is 27.6. The largest absolute Gasteiger partial charge is 0.507 e. The van der Waals surface area contributed by atoms with Crippen molar-refractivity contribution in [3.8, 4) is 11.5 Å². The molecule has 0 spiro atoms. The van der Waals surface area contributed by atoms with E-state index in [0.717, 1.165) is 17.5 Å². The number of likely N-dealkylation sites (tertiary alicyclic amines) is 1. The molecule has 0 radical (unpaired) electrons. The molecule has 1 amide bonds. The topological polar surface area (TPSA) is 85.3 Å². The fourth-order valence-corrected chi connectivity index (χ4v) is 4.45. The van der Waals surface area contributed by atoms with Crippen LogP contribution in [0.2, 0.25) is 0 Å². The molecule has 3 aromatic carbocycles. The summed E-state index contributed by atoms with van der Waals surface area (Å²) >= 11 is 0. The molecule has 1 heterocycles. The van der Waals surface area contributed by atoms with E-state index in [1.807, 2.05) is 56.3 Å². The number of hydrogen-bond donors (Lipinski definition) is 1. The third kappa shape index (κ3) is 6.06. The molecule has 1 atom stereocenters. The van der Waals surface area contributed by atoms with Crippen LogP contribution in [-0.4, -0.2) is 48.6 Å². The predicted molar refractivity (Wildman–Crippen MR) is 145 cm³/mol. The normalized spacial score (nSPS) is 16.6. The summed E-state index contributed by atoms with van der Waals surface area (Å²) in [5.41, 5.74) is 3.38. The number of carbonyl (C=O) groups excluding carboxylic acids is 2. The fraction of sp³-hybridized carbons (Fsp3) is 0.290. The Kier molecular flexibility index (Phi) is 8.81. The molecule has 198 valence electrons. The summed E-state index contributed by atoms with van der Waals surface area (Å²) in [6.07, 6.45) is 0.884. The molecule has 1 fully saturated rings. The maximum absolute atomic E-state index is 13.1. The van der Waals surface area contributed by atoms with Gasteiger partial charge in [-0.15, -0.1) is 0 Å². The molecule has 7 heteroatoms. The van der Waals surface area contributed by atoms with Gasteiger partial charge in [0, 0.05) is 19.2 Å². The van der Waals surface area contributed by atoms with Crippen molar-refractivity contribution in [2.24, 2.45) is 0 Å². The average molecular weight is 516 g/mol. The highest BCUT2D eigenvalue weighted by atomic mass is 16.5. The minimum atomic E-state index is -0.748. The van der Waals surface area contributed by atoms with Crippen LogP contribution in [0.4, 0.5) is 0 Å². The van der Waals surface area contributed by atoms with Crippen molar-refractivity contribution >= 4 is 17.4 Å². The van der Waals surface area contributed by atoms with Gasteiger partial charge < -0.3 is 24.2 Å². The van der Waals surface area contributed by atoms with Gasteiger partial charge >= 0.3 is 0 Å². The number of aryl methyl sites for hydroxylation is 1. The minimum absolute atomic E-state index is 0.0433. The summed E-state index contributed by atoms with van der Waals surface area (Å²) in [5, 5.41) is 11.3. The number of ketones is 1. The highest BCUT2D eigenvalue weighted by Gasteiger charge is 2.45. The number of aliphatic hydroxyl groups excluding tert-OH is 1. The zero-order valence-electron chi connectivity index (χ0n) is 22.0. The molecular weight excluding hydrogens is 482 g/mol. The van der Waals surface area contributed by atoms with E-state index in [0.29, 0.717) is 35.8 Å². The Bertz CT molecular complexity index is 1300. The van der Waals surface area contributed by atoms with E-state index in [-0.39, 0.29) is 24.5 Å². The minimum Gasteiger partial charge on any atom is -0.507 e. The maximum atomic E-state index is 13.1. The monoisotopic (exact) mass is 515 g/mol. The van der Waals surface area contributed by atoms with E-state index >= 15 is 0 Å². The molecule has 0 aliphatic carbocycles. The lowest BCUT2D eigenvalue weighted by atomic mass is 9.95. The second-order valence-electron chi connectivity index (χ2n) is 9.20. The number of Topliss-reactive ketones (excluding diaryl/α,β-unsaturated/α-hetero) is 1. The maximum Gasteiger partial charge on any atom is 0.295 e. The highest BCUT2D eigenvalue weighted by Crippen LogP contribution is 2.39. The molecule has 38 heavy (non-hydrogen) atoms. The van der Waals surface area contributed by atoms with Gasteiger partial charge in [0.15, 0.2) is 0 Å². The molecule has 0 bridgehead atoms. The number of aliphatic hydroxyl groups is 1. The van der Waals surface area contributed by atoms with Gasteiger partial charge in [-0.25, -0.2) is 0 Å².